The Balaban J connectivity index is 1.54. The number of likely N-dealkylation sites (tertiary alicyclic amines) is 1. The number of carbonyl (C=O) groups excluding carboxylic acids is 3. The number of amides is 3. The van der Waals surface area contributed by atoms with E-state index in [0.29, 0.717) is 26.1 Å². The first-order valence-electron chi connectivity index (χ1n) is 8.67. The second-order valence-corrected chi connectivity index (χ2v) is 6.61. The zero-order valence-corrected chi connectivity index (χ0v) is 14.0. The van der Waals surface area contributed by atoms with Crippen molar-refractivity contribution in [3.05, 3.63) is 29.8 Å². The molecule has 0 bridgehead atoms. The Morgan fingerprint density at radius 3 is 2.88 bits per heavy atom. The zero-order chi connectivity index (χ0) is 17.8. The molecule has 2 atom stereocenters. The molecule has 7 nitrogen and oxygen atoms in total. The van der Waals surface area contributed by atoms with Crippen molar-refractivity contribution in [1.82, 2.24) is 15.5 Å². The molecule has 25 heavy (non-hydrogen) atoms. The molecular weight excluding hydrogens is 322 g/mol. The van der Waals surface area contributed by atoms with Crippen LogP contribution < -0.4 is 10.6 Å². The van der Waals surface area contributed by atoms with E-state index in [1.54, 1.807) is 23.1 Å². The third-order valence-electron chi connectivity index (χ3n) is 4.84. The molecular formula is C18H23N3O4. The number of nitrogens with one attached hydrogen (secondary N) is 2. The first-order valence-corrected chi connectivity index (χ1v) is 8.67. The maximum absolute atomic E-state index is 12.6. The number of nitrogens with zero attached hydrogens (tertiary/aromatic N) is 1. The van der Waals surface area contributed by atoms with Crippen LogP contribution in [0.15, 0.2) is 24.3 Å². The van der Waals surface area contributed by atoms with Crippen LogP contribution in [0.3, 0.4) is 0 Å². The summed E-state index contributed by atoms with van der Waals surface area (Å²) in [6.07, 6.45) is 2.48. The van der Waals surface area contributed by atoms with E-state index < -0.39 is 5.92 Å². The lowest BCUT2D eigenvalue weighted by atomic mass is 10.1. The van der Waals surface area contributed by atoms with Crippen molar-refractivity contribution >= 4 is 17.7 Å². The second kappa shape index (κ2) is 7.55. The summed E-state index contributed by atoms with van der Waals surface area (Å²) in [5, 5.41) is 15.0. The van der Waals surface area contributed by atoms with Gasteiger partial charge in [-0.2, -0.15) is 0 Å². The van der Waals surface area contributed by atoms with Gasteiger partial charge in [0.2, 0.25) is 17.7 Å². The van der Waals surface area contributed by atoms with Gasteiger partial charge in [-0.15, -0.1) is 0 Å². The minimum Gasteiger partial charge on any atom is -0.508 e. The van der Waals surface area contributed by atoms with Gasteiger partial charge in [-0.25, -0.2) is 0 Å². The second-order valence-electron chi connectivity index (χ2n) is 6.61. The highest BCUT2D eigenvalue weighted by Crippen LogP contribution is 2.20. The summed E-state index contributed by atoms with van der Waals surface area (Å²) >= 11 is 0. The summed E-state index contributed by atoms with van der Waals surface area (Å²) in [4.78, 5) is 38.0. The van der Waals surface area contributed by atoms with Crippen LogP contribution in [-0.2, 0) is 20.8 Å². The number of aromatic hydroxyl groups is 1. The molecule has 1 aromatic carbocycles. The van der Waals surface area contributed by atoms with Crippen LogP contribution in [0.25, 0.3) is 0 Å². The standard InChI is InChI=1S/C18H23N3O4/c22-14-5-1-3-12(9-14)10-16(23)21-8-2-4-13(21)11-20-18(25)15-6-7-19-17(15)24/h1,3,5,9,13,15,22H,2,4,6-8,10-11H2,(H,19,24)(H,20,25)/t13-,15?/m1/s1. The predicted molar refractivity (Wildman–Crippen MR) is 90.7 cm³/mol. The molecule has 3 N–H and O–H groups in total. The summed E-state index contributed by atoms with van der Waals surface area (Å²) in [6, 6.07) is 6.64. The first kappa shape index (κ1) is 17.3. The van der Waals surface area contributed by atoms with Gasteiger partial charge in [0, 0.05) is 25.7 Å². The minimum atomic E-state index is -0.613. The molecule has 3 rings (SSSR count). The fourth-order valence-corrected chi connectivity index (χ4v) is 3.50. The normalized spacial score (nSPS) is 22.7. The van der Waals surface area contributed by atoms with Crippen LogP contribution >= 0.6 is 0 Å². The van der Waals surface area contributed by atoms with E-state index in [2.05, 4.69) is 10.6 Å². The third kappa shape index (κ3) is 4.10. The van der Waals surface area contributed by atoms with Gasteiger partial charge >= 0.3 is 0 Å². The fraction of sp³-hybridized carbons (Fsp3) is 0.500. The van der Waals surface area contributed by atoms with Crippen LogP contribution in [0.5, 0.6) is 5.75 Å². The van der Waals surface area contributed by atoms with Crippen molar-refractivity contribution in [3.63, 3.8) is 0 Å². The SMILES string of the molecule is O=C1NCCC1C(=O)NC[C@H]1CCCN1C(=O)Cc1cccc(O)c1. The Morgan fingerprint density at radius 2 is 2.16 bits per heavy atom. The summed E-state index contributed by atoms with van der Waals surface area (Å²) in [5.41, 5.74) is 0.766. The molecule has 2 aliphatic heterocycles. The zero-order valence-electron chi connectivity index (χ0n) is 14.0. The number of carbonyl (C=O) groups is 3. The summed E-state index contributed by atoms with van der Waals surface area (Å²) in [7, 11) is 0. The van der Waals surface area contributed by atoms with Crippen molar-refractivity contribution < 1.29 is 19.5 Å². The molecule has 2 heterocycles. The smallest absolute Gasteiger partial charge is 0.232 e. The highest BCUT2D eigenvalue weighted by molar-refractivity contribution is 6.01. The van der Waals surface area contributed by atoms with E-state index in [4.69, 9.17) is 0 Å². The van der Waals surface area contributed by atoms with Crippen molar-refractivity contribution in [2.24, 2.45) is 5.92 Å². The molecule has 0 aromatic heterocycles. The van der Waals surface area contributed by atoms with E-state index in [-0.39, 0.29) is 35.9 Å². The van der Waals surface area contributed by atoms with Gasteiger partial charge in [0.05, 0.1) is 6.42 Å². The highest BCUT2D eigenvalue weighted by Gasteiger charge is 2.33. The topological polar surface area (TPSA) is 98.7 Å². The Kier molecular flexibility index (Phi) is 5.21. The number of benzene rings is 1. The highest BCUT2D eigenvalue weighted by atomic mass is 16.3. The molecule has 1 unspecified atom stereocenters. The van der Waals surface area contributed by atoms with Gasteiger partial charge < -0.3 is 20.6 Å². The lowest BCUT2D eigenvalue weighted by molar-refractivity contribution is -0.135. The maximum atomic E-state index is 12.6. The monoisotopic (exact) mass is 345 g/mol. The Hall–Kier alpha value is -2.57. The van der Waals surface area contributed by atoms with Crippen LogP contribution in [0.2, 0.25) is 0 Å². The third-order valence-corrected chi connectivity index (χ3v) is 4.84. The molecule has 0 spiro atoms. The summed E-state index contributed by atoms with van der Waals surface area (Å²) < 4.78 is 0. The van der Waals surface area contributed by atoms with Crippen LogP contribution in [0, 0.1) is 5.92 Å². The van der Waals surface area contributed by atoms with Crippen molar-refractivity contribution in [2.45, 2.75) is 31.7 Å². The molecule has 3 amide bonds. The summed E-state index contributed by atoms with van der Waals surface area (Å²) in [6.45, 7) is 1.57. The van der Waals surface area contributed by atoms with Gasteiger partial charge in [-0.05, 0) is 37.0 Å². The van der Waals surface area contributed by atoms with Crippen LogP contribution in [0.4, 0.5) is 0 Å². The maximum Gasteiger partial charge on any atom is 0.232 e. The van der Waals surface area contributed by atoms with Gasteiger partial charge in [-0.3, -0.25) is 14.4 Å². The molecule has 134 valence electrons. The minimum absolute atomic E-state index is 0.0130. The molecule has 2 fully saturated rings. The quantitative estimate of drug-likeness (QED) is 0.663. The number of rotatable bonds is 5. The predicted octanol–water partition coefficient (Wildman–Crippen LogP) is 0.178. The van der Waals surface area contributed by atoms with Crippen molar-refractivity contribution in [2.75, 3.05) is 19.6 Å². The van der Waals surface area contributed by atoms with Gasteiger partial charge in [0.1, 0.15) is 11.7 Å². The van der Waals surface area contributed by atoms with E-state index in [0.717, 1.165) is 18.4 Å². The Morgan fingerprint density at radius 1 is 1.32 bits per heavy atom. The average Bonchev–Trinajstić information content (AvgIpc) is 3.21. The van der Waals surface area contributed by atoms with E-state index in [1.807, 2.05) is 6.07 Å². The van der Waals surface area contributed by atoms with Gasteiger partial charge in [0.25, 0.3) is 0 Å². The summed E-state index contributed by atoms with van der Waals surface area (Å²) in [5.74, 6) is -0.966. The van der Waals surface area contributed by atoms with Crippen molar-refractivity contribution in [3.8, 4) is 5.75 Å². The largest absolute Gasteiger partial charge is 0.508 e. The first-order chi connectivity index (χ1) is 12.0. The molecule has 2 saturated heterocycles. The van der Waals surface area contributed by atoms with E-state index >= 15 is 0 Å². The number of hydrogen-bond acceptors (Lipinski definition) is 4. The molecule has 1 aromatic rings. The average molecular weight is 345 g/mol. The molecule has 0 aliphatic carbocycles. The lowest BCUT2D eigenvalue weighted by Gasteiger charge is -2.25. The van der Waals surface area contributed by atoms with Gasteiger partial charge in [-0.1, -0.05) is 12.1 Å². The molecule has 7 heteroatoms. The van der Waals surface area contributed by atoms with Crippen LogP contribution in [0.1, 0.15) is 24.8 Å². The molecule has 0 radical (unpaired) electrons. The van der Waals surface area contributed by atoms with Gasteiger partial charge in [0.15, 0.2) is 0 Å². The fourth-order valence-electron chi connectivity index (χ4n) is 3.50. The molecule has 2 aliphatic rings. The van der Waals surface area contributed by atoms with E-state index in [1.165, 1.54) is 0 Å². The van der Waals surface area contributed by atoms with Crippen molar-refractivity contribution in [1.29, 1.82) is 0 Å². The van der Waals surface area contributed by atoms with E-state index in [9.17, 15) is 19.5 Å². The van der Waals surface area contributed by atoms with Crippen LogP contribution in [-0.4, -0.2) is 53.4 Å². The lowest BCUT2D eigenvalue weighted by Crippen LogP contribution is -2.45. The Bertz CT molecular complexity index is 676. The Labute approximate surface area is 146 Å². The number of hydrogen-bond donors (Lipinski definition) is 3. The molecule has 0 saturated carbocycles. The number of phenols is 1. The number of phenolic OH excluding ortho intramolecular Hbond substituents is 1.